The molecule has 11 atom stereocenters. The van der Waals surface area contributed by atoms with Gasteiger partial charge in [-0.2, -0.15) is 4.31 Å². The van der Waals surface area contributed by atoms with Gasteiger partial charge in [0.05, 0.1) is 19.8 Å². The number of phosphoric ester groups is 2. The molecule has 0 radical (unpaired) electrons. The Bertz CT molecular complexity index is 1140. The fourth-order valence-corrected chi connectivity index (χ4v) is 5.64. The number of hydrogen-bond acceptors (Lipinski definition) is 15. The predicted molar refractivity (Wildman–Crippen MR) is 114 cm³/mol. The Morgan fingerprint density at radius 3 is 1.89 bits per heavy atom. The summed E-state index contributed by atoms with van der Waals surface area (Å²) < 4.78 is 48.4. The van der Waals surface area contributed by atoms with Gasteiger partial charge >= 0.3 is 21.3 Å². The summed E-state index contributed by atoms with van der Waals surface area (Å²) in [5.74, 6) is 0. The smallest absolute Gasteiger partial charge is 0.394 e. The van der Waals surface area contributed by atoms with Gasteiger partial charge in [0.25, 0.3) is 5.56 Å². The van der Waals surface area contributed by atoms with Crippen LogP contribution in [-0.2, 0) is 32.0 Å². The molecule has 0 amide bonds. The van der Waals surface area contributed by atoms with E-state index in [4.69, 9.17) is 14.6 Å². The molecule has 19 nitrogen and oxygen atoms in total. The van der Waals surface area contributed by atoms with Crippen LogP contribution >= 0.6 is 15.6 Å². The number of ether oxygens (including phenoxy) is 2. The Labute approximate surface area is 206 Å². The minimum absolute atomic E-state index is 0.735. The van der Waals surface area contributed by atoms with Crippen LogP contribution in [0, 0.1) is 0 Å². The Morgan fingerprint density at radius 2 is 1.35 bits per heavy atom. The lowest BCUT2D eigenvalue weighted by molar-refractivity contribution is -0.234. The van der Waals surface area contributed by atoms with Crippen molar-refractivity contribution in [1.82, 2.24) is 9.55 Å². The van der Waals surface area contributed by atoms with E-state index in [0.29, 0.717) is 0 Å². The summed E-state index contributed by atoms with van der Waals surface area (Å²) in [6.45, 7) is -2.77. The van der Waals surface area contributed by atoms with Crippen LogP contribution in [0.3, 0.4) is 0 Å². The lowest BCUT2D eigenvalue weighted by atomic mass is 9.95. The van der Waals surface area contributed by atoms with Crippen molar-refractivity contribution >= 4 is 15.6 Å². The summed E-state index contributed by atoms with van der Waals surface area (Å²) in [7, 11) is -10.8. The highest BCUT2D eigenvalue weighted by Gasteiger charge is 2.47. The van der Waals surface area contributed by atoms with E-state index in [1.807, 2.05) is 4.98 Å². The third-order valence-electron chi connectivity index (χ3n) is 5.46. The van der Waals surface area contributed by atoms with E-state index in [9.17, 15) is 54.0 Å². The van der Waals surface area contributed by atoms with Gasteiger partial charge in [-0.05, 0) is 0 Å². The predicted octanol–water partition coefficient (Wildman–Crippen LogP) is -4.75. The Hall–Kier alpha value is -1.38. The molecule has 0 spiro atoms. The lowest BCUT2D eigenvalue weighted by Gasteiger charge is -2.39. The molecule has 2 saturated heterocycles. The van der Waals surface area contributed by atoms with Gasteiger partial charge in [-0.15, -0.1) is 0 Å². The summed E-state index contributed by atoms with van der Waals surface area (Å²) in [5.41, 5.74) is -1.73. The van der Waals surface area contributed by atoms with Crippen molar-refractivity contribution in [1.29, 1.82) is 0 Å². The molecule has 37 heavy (non-hydrogen) atoms. The molecule has 2 aliphatic heterocycles. The zero-order valence-corrected chi connectivity index (χ0v) is 20.4. The molecule has 0 saturated carbocycles. The average molecular weight is 580 g/mol. The summed E-state index contributed by atoms with van der Waals surface area (Å²) in [5, 5.41) is 58.8. The molecule has 3 rings (SSSR count). The first-order valence-corrected chi connectivity index (χ1v) is 13.4. The number of rotatable bonds is 10. The summed E-state index contributed by atoms with van der Waals surface area (Å²) in [6.07, 6.45) is -13.9. The fourth-order valence-electron chi connectivity index (χ4n) is 3.55. The maximum atomic E-state index is 12.1. The van der Waals surface area contributed by atoms with Crippen LogP contribution in [0.4, 0.5) is 0 Å². The highest BCUT2D eigenvalue weighted by Crippen LogP contribution is 2.60. The number of aromatic amines is 1. The first kappa shape index (κ1) is 30.2. The number of H-pyrrole nitrogens is 1. The van der Waals surface area contributed by atoms with Crippen molar-refractivity contribution in [3.63, 3.8) is 0 Å². The molecule has 1 aromatic rings. The van der Waals surface area contributed by atoms with E-state index >= 15 is 0 Å². The summed E-state index contributed by atoms with van der Waals surface area (Å²) >= 11 is 0. The van der Waals surface area contributed by atoms with Gasteiger partial charge in [-0.1, -0.05) is 0 Å². The number of nitrogens with one attached hydrogen (secondary N) is 1. The summed E-state index contributed by atoms with van der Waals surface area (Å²) in [4.78, 5) is 44.5. The summed E-state index contributed by atoms with van der Waals surface area (Å²) in [6, 6.07) is 0.937. The molecule has 6 unspecified atom stereocenters. The van der Waals surface area contributed by atoms with E-state index in [2.05, 4.69) is 13.4 Å². The van der Waals surface area contributed by atoms with E-state index in [0.717, 1.165) is 16.8 Å². The van der Waals surface area contributed by atoms with Gasteiger partial charge in [-0.3, -0.25) is 23.4 Å². The number of hydrogen-bond donors (Lipinski definition) is 9. The van der Waals surface area contributed by atoms with Crippen LogP contribution < -0.4 is 11.2 Å². The van der Waals surface area contributed by atoms with Gasteiger partial charge in [0.1, 0.15) is 48.8 Å². The number of aliphatic hydroxyl groups is 6. The third-order valence-corrected chi connectivity index (χ3v) is 8.07. The second-order valence-corrected chi connectivity index (χ2v) is 11.1. The monoisotopic (exact) mass is 580 g/mol. The van der Waals surface area contributed by atoms with E-state index in [1.165, 1.54) is 0 Å². The first-order valence-electron chi connectivity index (χ1n) is 10.5. The van der Waals surface area contributed by atoms with Gasteiger partial charge < -0.3 is 49.9 Å². The van der Waals surface area contributed by atoms with Crippen LogP contribution in [-0.4, -0.2) is 119 Å². The third kappa shape index (κ3) is 7.18. The highest BCUT2D eigenvalue weighted by molar-refractivity contribution is 7.61. The Balaban J connectivity index is 1.56. The SMILES string of the molecule is O=c1ccn([C@@H]2O[C@H](COP(=O)(O)OP(=O)(O)OC[C@H]3OC(CO)[C@H](O)[C@H](O)C3O)C(O)C2O)c(=O)[nH]1. The molecule has 21 heteroatoms. The number of phosphoric acid groups is 2. The van der Waals surface area contributed by atoms with E-state index < -0.39 is 102 Å². The molecule has 3 heterocycles. The number of nitrogens with zero attached hydrogens (tertiary/aromatic N) is 1. The molecular weight excluding hydrogens is 554 g/mol. The normalized spacial score (nSPS) is 37.7. The number of aromatic nitrogens is 2. The second kappa shape index (κ2) is 11.8. The molecule has 0 aliphatic carbocycles. The Kier molecular flexibility index (Phi) is 9.61. The molecule has 0 aromatic carbocycles. The van der Waals surface area contributed by atoms with Gasteiger partial charge in [0.2, 0.25) is 0 Å². The van der Waals surface area contributed by atoms with Crippen LogP contribution in [0.1, 0.15) is 6.23 Å². The second-order valence-electron chi connectivity index (χ2n) is 8.04. The van der Waals surface area contributed by atoms with Crippen LogP contribution in [0.15, 0.2) is 21.9 Å². The lowest BCUT2D eigenvalue weighted by Crippen LogP contribution is -2.59. The minimum Gasteiger partial charge on any atom is -0.394 e. The van der Waals surface area contributed by atoms with Crippen molar-refractivity contribution in [2.24, 2.45) is 0 Å². The van der Waals surface area contributed by atoms with Gasteiger partial charge in [0, 0.05) is 12.3 Å². The average Bonchev–Trinajstić information content (AvgIpc) is 3.09. The first-order chi connectivity index (χ1) is 17.2. The quantitative estimate of drug-likeness (QED) is 0.117. The van der Waals surface area contributed by atoms with Crippen molar-refractivity contribution < 1.29 is 72.4 Å². The van der Waals surface area contributed by atoms with Crippen LogP contribution in [0.5, 0.6) is 0 Å². The van der Waals surface area contributed by atoms with Gasteiger partial charge in [-0.25, -0.2) is 13.9 Å². The zero-order valence-electron chi connectivity index (χ0n) is 18.6. The van der Waals surface area contributed by atoms with Crippen molar-refractivity contribution in [3.05, 3.63) is 33.1 Å². The molecule has 9 N–H and O–H groups in total. The molecule has 2 fully saturated rings. The maximum absolute atomic E-state index is 12.1. The van der Waals surface area contributed by atoms with Crippen LogP contribution in [0.2, 0.25) is 0 Å². The molecule has 1 aromatic heterocycles. The van der Waals surface area contributed by atoms with E-state index in [-0.39, 0.29) is 0 Å². The van der Waals surface area contributed by atoms with Crippen molar-refractivity contribution in [2.75, 3.05) is 19.8 Å². The van der Waals surface area contributed by atoms with Crippen molar-refractivity contribution in [3.8, 4) is 0 Å². The minimum atomic E-state index is -5.41. The highest BCUT2D eigenvalue weighted by atomic mass is 31.3. The molecule has 2 aliphatic rings. The van der Waals surface area contributed by atoms with Crippen molar-refractivity contribution in [2.45, 2.75) is 55.1 Å². The fraction of sp³-hybridized carbons (Fsp3) is 0.750. The maximum Gasteiger partial charge on any atom is 0.481 e. The number of aliphatic hydroxyl groups excluding tert-OH is 6. The van der Waals surface area contributed by atoms with Crippen LogP contribution in [0.25, 0.3) is 0 Å². The molecule has 212 valence electrons. The molecule has 0 bridgehead atoms. The topological polar surface area (TPSA) is 297 Å². The standard InChI is InChI=1S/C16H26N2O17P2/c19-3-6-10(21)13(24)11(22)7(33-6)4-31-36(27,28)35-37(29,30)32-5-8-12(23)14(25)15(34-8)18-2-1-9(20)17-16(18)26/h1-2,6-8,10-15,19,21-25H,3-5H2,(H,27,28)(H,29,30)(H,17,20,26)/t6?,7-,8-,10+,11?,12?,13+,14?,15-/m1/s1. The van der Waals surface area contributed by atoms with E-state index in [1.54, 1.807) is 0 Å². The Morgan fingerprint density at radius 1 is 0.838 bits per heavy atom. The zero-order chi connectivity index (χ0) is 27.7. The largest absolute Gasteiger partial charge is 0.481 e. The molecular formula is C16H26N2O17P2. The van der Waals surface area contributed by atoms with Gasteiger partial charge in [0.15, 0.2) is 6.23 Å².